The topological polar surface area (TPSA) is 24.1 Å². The lowest BCUT2D eigenvalue weighted by Crippen LogP contribution is -2.57. The molecule has 1 fully saturated rings. The summed E-state index contributed by atoms with van der Waals surface area (Å²) in [5, 5.41) is 7.50. The molecule has 1 heterocycles. The van der Waals surface area contributed by atoms with Gasteiger partial charge in [0, 0.05) is 25.2 Å². The Hall–Kier alpha value is -0.0800. The molecule has 113 valence electrons. The molecule has 1 rings (SSSR count). The van der Waals surface area contributed by atoms with E-state index in [1.165, 1.54) is 51.4 Å². The average molecular weight is 267 g/mol. The zero-order valence-electron chi connectivity index (χ0n) is 13.2. The number of nitrogens with one attached hydrogen (secondary N) is 2. The Morgan fingerprint density at radius 1 is 1.11 bits per heavy atom. The highest BCUT2D eigenvalue weighted by molar-refractivity contribution is 4.86. The van der Waals surface area contributed by atoms with Gasteiger partial charge in [-0.25, -0.2) is 0 Å². The molecule has 19 heavy (non-hydrogen) atoms. The minimum Gasteiger partial charge on any atom is -0.314 e. The lowest BCUT2D eigenvalue weighted by atomic mass is 9.92. The van der Waals surface area contributed by atoms with Crippen LogP contribution in [0.4, 0.5) is 0 Å². The summed E-state index contributed by atoms with van der Waals surface area (Å²) in [4.78, 5) is 0. The molecule has 0 aromatic carbocycles. The molecule has 1 radical (unpaired) electrons. The van der Waals surface area contributed by atoms with Gasteiger partial charge in [-0.15, -0.1) is 0 Å². The van der Waals surface area contributed by atoms with Gasteiger partial charge in [-0.1, -0.05) is 65.7 Å². The third kappa shape index (κ3) is 7.31. The molecule has 0 bridgehead atoms. The highest BCUT2D eigenvalue weighted by Gasteiger charge is 2.24. The van der Waals surface area contributed by atoms with Crippen LogP contribution in [0, 0.1) is 12.8 Å². The van der Waals surface area contributed by atoms with Crippen LogP contribution >= 0.6 is 0 Å². The first-order valence-electron chi connectivity index (χ1n) is 8.54. The summed E-state index contributed by atoms with van der Waals surface area (Å²) in [6, 6.07) is 1.38. The molecule has 3 unspecified atom stereocenters. The molecule has 0 spiro atoms. The summed E-state index contributed by atoms with van der Waals surface area (Å²) in [5.41, 5.74) is 0. The van der Waals surface area contributed by atoms with Crippen molar-refractivity contribution in [2.45, 2.75) is 83.7 Å². The van der Waals surface area contributed by atoms with Crippen molar-refractivity contribution in [2.24, 2.45) is 5.92 Å². The van der Waals surface area contributed by atoms with Crippen LogP contribution in [0.15, 0.2) is 0 Å². The monoisotopic (exact) mass is 267 g/mol. The normalized spacial score (nSPS) is 25.4. The van der Waals surface area contributed by atoms with Crippen molar-refractivity contribution < 1.29 is 0 Å². The molecule has 0 amide bonds. The molecule has 0 aromatic heterocycles. The van der Waals surface area contributed by atoms with Crippen molar-refractivity contribution in [3.05, 3.63) is 6.92 Å². The fourth-order valence-electron chi connectivity index (χ4n) is 3.05. The van der Waals surface area contributed by atoms with E-state index in [2.05, 4.69) is 31.4 Å². The lowest BCUT2D eigenvalue weighted by molar-refractivity contribution is 0.251. The number of unbranched alkanes of at least 4 members (excludes halogenated alkanes) is 5. The van der Waals surface area contributed by atoms with Crippen LogP contribution in [-0.2, 0) is 0 Å². The van der Waals surface area contributed by atoms with E-state index in [1.807, 2.05) is 0 Å². The van der Waals surface area contributed by atoms with Gasteiger partial charge in [0.25, 0.3) is 0 Å². The molecule has 1 aliphatic rings. The smallest absolute Gasteiger partial charge is 0.0221 e. The maximum Gasteiger partial charge on any atom is 0.0221 e. The molecule has 2 N–H and O–H groups in total. The molecular weight excluding hydrogens is 232 g/mol. The Bertz CT molecular complexity index is 205. The minimum atomic E-state index is 0.676. The second kappa shape index (κ2) is 10.7. The van der Waals surface area contributed by atoms with E-state index < -0.39 is 0 Å². The van der Waals surface area contributed by atoms with Crippen molar-refractivity contribution >= 4 is 0 Å². The van der Waals surface area contributed by atoms with Crippen LogP contribution < -0.4 is 10.6 Å². The maximum absolute atomic E-state index is 3.93. The molecule has 2 heteroatoms. The number of hydrogen-bond acceptors (Lipinski definition) is 2. The third-order valence-electron chi connectivity index (χ3n) is 4.46. The minimum absolute atomic E-state index is 0.676. The third-order valence-corrected chi connectivity index (χ3v) is 4.46. The van der Waals surface area contributed by atoms with Gasteiger partial charge in [-0.05, 0) is 18.8 Å². The van der Waals surface area contributed by atoms with Gasteiger partial charge < -0.3 is 10.6 Å². The van der Waals surface area contributed by atoms with Gasteiger partial charge in [0.15, 0.2) is 0 Å². The van der Waals surface area contributed by atoms with Crippen LogP contribution in [0.1, 0.15) is 71.6 Å². The van der Waals surface area contributed by atoms with Gasteiger partial charge in [0.05, 0.1) is 0 Å². The standard InChI is InChI=1S/C17H35N2/c1-4-6-8-10-12-16-13-18-14-17(19-16)15(3)11-9-7-5-2/h15-19H,2,4-14H2,1,3H3. The lowest BCUT2D eigenvalue weighted by Gasteiger charge is -2.35. The number of rotatable bonds is 10. The zero-order valence-corrected chi connectivity index (χ0v) is 13.2. The summed E-state index contributed by atoms with van der Waals surface area (Å²) in [7, 11) is 0. The molecule has 0 saturated carbocycles. The first kappa shape index (κ1) is 17.0. The van der Waals surface area contributed by atoms with Gasteiger partial charge in [0.2, 0.25) is 0 Å². The Labute approximate surface area is 121 Å². The summed E-state index contributed by atoms with van der Waals surface area (Å²) < 4.78 is 0. The predicted octanol–water partition coefficient (Wildman–Crippen LogP) is 3.92. The van der Waals surface area contributed by atoms with E-state index in [1.54, 1.807) is 0 Å². The largest absolute Gasteiger partial charge is 0.314 e. The fourth-order valence-corrected chi connectivity index (χ4v) is 3.05. The van der Waals surface area contributed by atoms with Crippen molar-refractivity contribution in [2.75, 3.05) is 13.1 Å². The maximum atomic E-state index is 3.93. The molecule has 1 aliphatic heterocycles. The van der Waals surface area contributed by atoms with Gasteiger partial charge in [0.1, 0.15) is 0 Å². The summed E-state index contributed by atoms with van der Waals surface area (Å²) in [5.74, 6) is 0.789. The highest BCUT2D eigenvalue weighted by atomic mass is 15.1. The Balaban J connectivity index is 2.17. The van der Waals surface area contributed by atoms with Crippen LogP contribution in [0.5, 0.6) is 0 Å². The second-order valence-electron chi connectivity index (χ2n) is 6.30. The van der Waals surface area contributed by atoms with Gasteiger partial charge >= 0.3 is 0 Å². The van der Waals surface area contributed by atoms with E-state index in [0.717, 1.165) is 25.4 Å². The SMILES string of the molecule is [CH2]CCCCC(C)C1CNCC(CCCCCC)N1. The molecule has 3 atom stereocenters. The predicted molar refractivity (Wildman–Crippen MR) is 85.3 cm³/mol. The summed E-state index contributed by atoms with van der Waals surface area (Å²) >= 11 is 0. The molecule has 0 aromatic rings. The average Bonchev–Trinajstić information content (AvgIpc) is 2.44. The molecule has 1 saturated heterocycles. The molecule has 2 nitrogen and oxygen atoms in total. The van der Waals surface area contributed by atoms with E-state index in [4.69, 9.17) is 0 Å². The van der Waals surface area contributed by atoms with Gasteiger partial charge in [-0.3, -0.25) is 0 Å². The van der Waals surface area contributed by atoms with E-state index >= 15 is 0 Å². The number of hydrogen-bond donors (Lipinski definition) is 2. The van der Waals surface area contributed by atoms with Crippen molar-refractivity contribution in [3.63, 3.8) is 0 Å². The van der Waals surface area contributed by atoms with E-state index in [-0.39, 0.29) is 0 Å². The van der Waals surface area contributed by atoms with Crippen LogP contribution in [0.25, 0.3) is 0 Å². The molecular formula is C17H35N2. The van der Waals surface area contributed by atoms with Crippen LogP contribution in [-0.4, -0.2) is 25.2 Å². The first-order chi connectivity index (χ1) is 9.27. The van der Waals surface area contributed by atoms with Crippen LogP contribution in [0.2, 0.25) is 0 Å². The number of piperazine rings is 1. The molecule has 0 aliphatic carbocycles. The summed E-state index contributed by atoms with van der Waals surface area (Å²) in [6.45, 7) is 10.9. The quantitative estimate of drug-likeness (QED) is 0.586. The van der Waals surface area contributed by atoms with Crippen molar-refractivity contribution in [1.82, 2.24) is 10.6 Å². The van der Waals surface area contributed by atoms with Crippen LogP contribution in [0.3, 0.4) is 0 Å². The highest BCUT2D eigenvalue weighted by Crippen LogP contribution is 2.16. The Morgan fingerprint density at radius 2 is 1.95 bits per heavy atom. The fraction of sp³-hybridized carbons (Fsp3) is 0.941. The Morgan fingerprint density at radius 3 is 2.68 bits per heavy atom. The Kier molecular flexibility index (Phi) is 9.54. The zero-order chi connectivity index (χ0) is 13.9. The van der Waals surface area contributed by atoms with Crippen molar-refractivity contribution in [3.8, 4) is 0 Å². The second-order valence-corrected chi connectivity index (χ2v) is 6.30. The summed E-state index contributed by atoms with van der Waals surface area (Å²) in [6.07, 6.45) is 11.9. The van der Waals surface area contributed by atoms with Crippen molar-refractivity contribution in [1.29, 1.82) is 0 Å². The first-order valence-corrected chi connectivity index (χ1v) is 8.54. The van der Waals surface area contributed by atoms with Gasteiger partial charge in [-0.2, -0.15) is 0 Å². The van der Waals surface area contributed by atoms with E-state index in [0.29, 0.717) is 12.1 Å². The van der Waals surface area contributed by atoms with E-state index in [9.17, 15) is 0 Å².